The van der Waals surface area contributed by atoms with Gasteiger partial charge >= 0.3 is 6.03 Å². The van der Waals surface area contributed by atoms with Crippen LogP contribution in [0.15, 0.2) is 18.2 Å². The molecule has 3 N–H and O–H groups in total. The molecule has 1 rings (SSSR count). The molecule has 0 fully saturated rings. The molecule has 0 aliphatic heterocycles. The topological polar surface area (TPSA) is 70.6 Å². The van der Waals surface area contributed by atoms with Crippen LogP contribution in [0.5, 0.6) is 5.75 Å². The van der Waals surface area contributed by atoms with E-state index in [1.807, 2.05) is 13.8 Å². The van der Waals surface area contributed by atoms with Gasteiger partial charge in [-0.3, -0.25) is 0 Å². The second-order valence-corrected chi connectivity index (χ2v) is 5.45. The van der Waals surface area contributed by atoms with Crippen LogP contribution in [0, 0.1) is 24.1 Å². The van der Waals surface area contributed by atoms with Crippen LogP contribution < -0.4 is 15.4 Å². The van der Waals surface area contributed by atoms with Gasteiger partial charge in [0.2, 0.25) is 0 Å². The third-order valence-corrected chi connectivity index (χ3v) is 3.35. The number of benzene rings is 1. The maximum absolute atomic E-state index is 13.2. The third kappa shape index (κ3) is 5.26. The van der Waals surface area contributed by atoms with Crippen molar-refractivity contribution >= 4 is 11.7 Å². The van der Waals surface area contributed by atoms with E-state index in [1.165, 1.54) is 12.1 Å². The fraction of sp³-hybridized carbons (Fsp3) is 0.438. The fourth-order valence-corrected chi connectivity index (χ4v) is 1.47. The van der Waals surface area contributed by atoms with E-state index in [9.17, 15) is 14.3 Å². The Balaban J connectivity index is 2.70. The van der Waals surface area contributed by atoms with E-state index in [1.54, 1.807) is 6.92 Å². The predicted molar refractivity (Wildman–Crippen MR) is 83.2 cm³/mol. The van der Waals surface area contributed by atoms with Gasteiger partial charge in [0.05, 0.1) is 11.3 Å². The van der Waals surface area contributed by atoms with Crippen LogP contribution in [-0.4, -0.2) is 29.9 Å². The molecular weight excluding hydrogens is 287 g/mol. The van der Waals surface area contributed by atoms with Crippen LogP contribution in [0.3, 0.4) is 0 Å². The Morgan fingerprint density at radius 3 is 2.82 bits per heavy atom. The lowest BCUT2D eigenvalue weighted by atomic mass is 9.93. The van der Waals surface area contributed by atoms with E-state index < -0.39 is 17.4 Å². The number of ether oxygens (including phenoxy) is 1. The molecular formula is C16H21FN2O3. The Morgan fingerprint density at radius 2 is 2.23 bits per heavy atom. The first-order chi connectivity index (χ1) is 10.3. The molecule has 1 aromatic carbocycles. The van der Waals surface area contributed by atoms with E-state index in [4.69, 9.17) is 11.2 Å². The lowest BCUT2D eigenvalue weighted by Crippen LogP contribution is -2.45. The van der Waals surface area contributed by atoms with Crippen LogP contribution in [-0.2, 0) is 0 Å². The van der Waals surface area contributed by atoms with Crippen molar-refractivity contribution in [1.29, 1.82) is 0 Å². The maximum atomic E-state index is 13.2. The van der Waals surface area contributed by atoms with Crippen LogP contribution in [0.1, 0.15) is 20.8 Å². The molecule has 2 amide bonds. The van der Waals surface area contributed by atoms with Crippen LogP contribution in [0.2, 0.25) is 0 Å². The first-order valence-corrected chi connectivity index (χ1v) is 6.89. The molecule has 22 heavy (non-hydrogen) atoms. The molecule has 1 aromatic rings. The number of rotatable bonds is 6. The number of aliphatic hydroxyl groups is 1. The first-order valence-electron chi connectivity index (χ1n) is 6.89. The molecule has 0 aromatic heterocycles. The molecule has 1 unspecified atom stereocenters. The van der Waals surface area contributed by atoms with Crippen molar-refractivity contribution in [3.63, 3.8) is 0 Å². The lowest BCUT2D eigenvalue weighted by Gasteiger charge is -2.27. The van der Waals surface area contributed by atoms with Crippen molar-refractivity contribution in [3.05, 3.63) is 24.0 Å². The average molecular weight is 308 g/mol. The van der Waals surface area contributed by atoms with Gasteiger partial charge in [0.25, 0.3) is 0 Å². The number of amides is 2. The second kappa shape index (κ2) is 7.66. The Kier molecular flexibility index (Phi) is 6.20. The highest BCUT2D eigenvalue weighted by molar-refractivity contribution is 5.90. The molecule has 0 heterocycles. The number of nitrogens with one attached hydrogen (secondary N) is 2. The minimum atomic E-state index is -1.02. The number of hydrogen-bond donors (Lipinski definition) is 3. The molecule has 120 valence electrons. The Hall–Kier alpha value is -2.26. The van der Waals surface area contributed by atoms with Gasteiger partial charge in [0.15, 0.2) is 0 Å². The highest BCUT2D eigenvalue weighted by Gasteiger charge is 2.25. The molecule has 6 heteroatoms. The average Bonchev–Trinajstić information content (AvgIpc) is 2.45. The molecule has 1 atom stereocenters. The highest BCUT2D eigenvalue weighted by atomic mass is 19.1. The van der Waals surface area contributed by atoms with Crippen molar-refractivity contribution in [1.82, 2.24) is 5.32 Å². The lowest BCUT2D eigenvalue weighted by molar-refractivity contribution is 0.0170. The van der Waals surface area contributed by atoms with Crippen molar-refractivity contribution in [2.45, 2.75) is 26.4 Å². The molecule has 0 spiro atoms. The predicted octanol–water partition coefficient (Wildman–Crippen LogP) is 2.37. The summed E-state index contributed by atoms with van der Waals surface area (Å²) in [7, 11) is 0. The number of carbonyl (C=O) groups is 1. The van der Waals surface area contributed by atoms with Gasteiger partial charge in [-0.15, -0.1) is 6.42 Å². The molecule has 0 radical (unpaired) electrons. The molecule has 0 saturated carbocycles. The van der Waals surface area contributed by atoms with Crippen molar-refractivity contribution in [2.75, 3.05) is 18.5 Å². The highest BCUT2D eigenvalue weighted by Crippen LogP contribution is 2.25. The standard InChI is InChI=1S/C16H21FN2O3/c1-5-8-22-14-9-12(17)6-7-13(14)19-15(20)18-10-16(4,21)11(2)3/h1,6-7,9,11,21H,8,10H2,2-4H3,(H2,18,19,20). The summed E-state index contributed by atoms with van der Waals surface area (Å²) in [6.45, 7) is 5.38. The van der Waals surface area contributed by atoms with Crippen LogP contribution in [0.25, 0.3) is 0 Å². The van der Waals surface area contributed by atoms with E-state index in [0.29, 0.717) is 5.69 Å². The normalized spacial score (nSPS) is 13.1. The van der Waals surface area contributed by atoms with E-state index in [0.717, 1.165) is 6.07 Å². The number of halogens is 1. The fourth-order valence-electron chi connectivity index (χ4n) is 1.47. The molecule has 0 aliphatic rings. The number of hydrogen-bond acceptors (Lipinski definition) is 3. The van der Waals surface area contributed by atoms with E-state index in [2.05, 4.69) is 16.6 Å². The van der Waals surface area contributed by atoms with Crippen molar-refractivity contribution < 1.29 is 19.0 Å². The van der Waals surface area contributed by atoms with Crippen LogP contribution in [0.4, 0.5) is 14.9 Å². The summed E-state index contributed by atoms with van der Waals surface area (Å²) in [5, 5.41) is 15.2. The summed E-state index contributed by atoms with van der Waals surface area (Å²) in [5.41, 5.74) is -0.735. The minimum Gasteiger partial charge on any atom is -0.479 e. The number of anilines is 1. The summed E-state index contributed by atoms with van der Waals surface area (Å²) in [4.78, 5) is 11.9. The summed E-state index contributed by atoms with van der Waals surface area (Å²) in [5.74, 6) is 1.89. The molecule has 5 nitrogen and oxygen atoms in total. The van der Waals surface area contributed by atoms with E-state index in [-0.39, 0.29) is 24.8 Å². The number of urea groups is 1. The third-order valence-electron chi connectivity index (χ3n) is 3.35. The quantitative estimate of drug-likeness (QED) is 0.707. The summed E-state index contributed by atoms with van der Waals surface area (Å²) >= 11 is 0. The zero-order valence-corrected chi connectivity index (χ0v) is 12.9. The minimum absolute atomic E-state index is 0.0202. The first kappa shape index (κ1) is 17.8. The van der Waals surface area contributed by atoms with Gasteiger partial charge in [-0.05, 0) is 25.0 Å². The van der Waals surface area contributed by atoms with Crippen molar-refractivity contribution in [2.24, 2.45) is 5.92 Å². The van der Waals surface area contributed by atoms with Gasteiger partial charge in [-0.1, -0.05) is 19.8 Å². The monoisotopic (exact) mass is 308 g/mol. The zero-order chi connectivity index (χ0) is 16.8. The number of terminal acetylenes is 1. The van der Waals surface area contributed by atoms with Gasteiger partial charge in [0, 0.05) is 12.6 Å². The Morgan fingerprint density at radius 1 is 1.55 bits per heavy atom. The second-order valence-electron chi connectivity index (χ2n) is 5.45. The molecule has 0 saturated heterocycles. The van der Waals surface area contributed by atoms with Gasteiger partial charge < -0.3 is 20.5 Å². The van der Waals surface area contributed by atoms with E-state index >= 15 is 0 Å². The van der Waals surface area contributed by atoms with Gasteiger partial charge in [0.1, 0.15) is 18.2 Å². The Bertz CT molecular complexity index is 565. The smallest absolute Gasteiger partial charge is 0.319 e. The van der Waals surface area contributed by atoms with Gasteiger partial charge in [-0.2, -0.15) is 0 Å². The SMILES string of the molecule is C#CCOc1cc(F)ccc1NC(=O)NCC(C)(O)C(C)C. The summed E-state index contributed by atoms with van der Waals surface area (Å²) in [6.07, 6.45) is 5.09. The summed E-state index contributed by atoms with van der Waals surface area (Å²) in [6, 6.07) is 3.18. The van der Waals surface area contributed by atoms with Gasteiger partial charge in [-0.25, -0.2) is 9.18 Å². The zero-order valence-electron chi connectivity index (χ0n) is 12.9. The number of carbonyl (C=O) groups excluding carboxylic acids is 1. The van der Waals surface area contributed by atoms with Crippen LogP contribution >= 0.6 is 0 Å². The summed E-state index contributed by atoms with van der Waals surface area (Å²) < 4.78 is 18.4. The van der Waals surface area contributed by atoms with Crippen molar-refractivity contribution in [3.8, 4) is 18.1 Å². The Labute approximate surface area is 129 Å². The maximum Gasteiger partial charge on any atom is 0.319 e. The largest absolute Gasteiger partial charge is 0.479 e. The molecule has 0 bridgehead atoms. The molecule has 0 aliphatic carbocycles.